The van der Waals surface area contributed by atoms with E-state index in [1.807, 2.05) is 0 Å². The maximum atomic E-state index is 10.7. The first-order chi connectivity index (χ1) is 5.57. The van der Waals surface area contributed by atoms with Crippen LogP contribution in [0.4, 0.5) is 0 Å². The predicted molar refractivity (Wildman–Crippen MR) is 35.8 cm³/mol. The zero-order valence-electron chi connectivity index (χ0n) is 7.48. The summed E-state index contributed by atoms with van der Waals surface area (Å²) >= 11 is 0. The van der Waals surface area contributed by atoms with Gasteiger partial charge in [-0.3, -0.25) is 0 Å². The minimum Gasteiger partial charge on any atom is -0.865 e. The molecular weight excluding hydrogens is 187 g/mol. The number of ether oxygens (including phenoxy) is 1. The van der Waals surface area contributed by atoms with Crippen LogP contribution in [0.5, 0.6) is 0 Å². The summed E-state index contributed by atoms with van der Waals surface area (Å²) in [6.45, 7) is 1.31. The number of carbonyl (C=O) groups excluding carboxylic acids is 1. The Morgan fingerprint density at radius 3 is 2.54 bits per heavy atom. The van der Waals surface area contributed by atoms with Gasteiger partial charge >= 0.3 is 35.5 Å². The summed E-state index contributed by atoms with van der Waals surface area (Å²) in [5.74, 6) is -3.14. The second-order valence-electron chi connectivity index (χ2n) is 2.70. The van der Waals surface area contributed by atoms with Crippen LogP contribution < -0.4 is 34.7 Å². The summed E-state index contributed by atoms with van der Waals surface area (Å²) in [5, 5.41) is 28.4. The third kappa shape index (κ3) is 2.37. The number of aliphatic hydroxyl groups excluding tert-OH is 2. The van der Waals surface area contributed by atoms with Crippen LogP contribution >= 0.6 is 0 Å². The molecule has 0 saturated carbocycles. The number of esters is 1. The summed E-state index contributed by atoms with van der Waals surface area (Å²) in [6, 6.07) is 0. The molecule has 0 spiro atoms. The number of carbonyl (C=O) groups is 1. The Labute approximate surface area is 97.3 Å². The molecule has 5 nitrogen and oxygen atoms in total. The van der Waals surface area contributed by atoms with Gasteiger partial charge in [0.1, 0.15) is 5.76 Å². The maximum absolute atomic E-state index is 10.7. The van der Waals surface area contributed by atoms with Crippen LogP contribution in [0.1, 0.15) is 6.92 Å². The van der Waals surface area contributed by atoms with Crippen molar-refractivity contribution in [1.29, 1.82) is 0 Å². The molecule has 1 rings (SSSR count). The third-order valence-corrected chi connectivity index (χ3v) is 1.73. The van der Waals surface area contributed by atoms with Crippen molar-refractivity contribution in [2.24, 2.45) is 5.92 Å². The molecule has 0 aromatic carbocycles. The molecule has 1 aliphatic heterocycles. The molecule has 68 valence electrons. The molecular formula is C7H9NaO5. The van der Waals surface area contributed by atoms with Crippen molar-refractivity contribution < 1.29 is 54.4 Å². The SMILES string of the molecule is C[C@@H](CO)[C@@H]1OC(=O)C([O-])=C1O.[Na+]. The Bertz CT molecular complexity index is 237. The summed E-state index contributed by atoms with van der Waals surface area (Å²) in [5.41, 5.74) is 0. The first-order valence-corrected chi connectivity index (χ1v) is 3.50. The Balaban J connectivity index is 0.00000144. The normalized spacial score (nSPS) is 23.8. The standard InChI is InChI=1S/C7H10O5.Na/c1-3(2-8)6-4(9)5(10)7(11)12-6;/h3,6,8-10H,2H2,1H3;/q;+1/p-1/t3-,6-;/m0./s1. The quantitative estimate of drug-likeness (QED) is 0.344. The summed E-state index contributed by atoms with van der Waals surface area (Å²) in [7, 11) is 0. The van der Waals surface area contributed by atoms with E-state index in [1.54, 1.807) is 6.92 Å². The van der Waals surface area contributed by atoms with Gasteiger partial charge in [0.05, 0.1) is 0 Å². The van der Waals surface area contributed by atoms with Crippen LogP contribution in [-0.2, 0) is 9.53 Å². The average Bonchev–Trinajstić information content (AvgIpc) is 2.32. The molecule has 0 bridgehead atoms. The van der Waals surface area contributed by atoms with Gasteiger partial charge in [0.15, 0.2) is 6.10 Å². The van der Waals surface area contributed by atoms with Crippen LogP contribution in [0.15, 0.2) is 11.5 Å². The molecule has 1 aliphatic rings. The first kappa shape index (κ1) is 12.8. The molecule has 0 radical (unpaired) electrons. The molecule has 0 aliphatic carbocycles. The second-order valence-corrected chi connectivity index (χ2v) is 2.70. The van der Waals surface area contributed by atoms with Gasteiger partial charge in [-0.25, -0.2) is 4.79 Å². The number of aliphatic hydroxyl groups is 2. The Kier molecular flexibility index (Phi) is 4.77. The second kappa shape index (κ2) is 4.85. The van der Waals surface area contributed by atoms with Gasteiger partial charge in [0.25, 0.3) is 0 Å². The molecule has 0 amide bonds. The van der Waals surface area contributed by atoms with Crippen molar-refractivity contribution in [2.75, 3.05) is 6.61 Å². The van der Waals surface area contributed by atoms with Gasteiger partial charge in [-0.2, -0.15) is 0 Å². The number of hydrogen-bond donors (Lipinski definition) is 2. The smallest absolute Gasteiger partial charge is 0.865 e. The molecule has 1 heterocycles. The van der Waals surface area contributed by atoms with Crippen LogP contribution in [0, 0.1) is 5.92 Å². The fourth-order valence-electron chi connectivity index (χ4n) is 0.940. The number of rotatable bonds is 2. The predicted octanol–water partition coefficient (Wildman–Crippen LogP) is -4.33. The van der Waals surface area contributed by atoms with Crippen molar-refractivity contribution in [2.45, 2.75) is 13.0 Å². The zero-order chi connectivity index (χ0) is 9.30. The molecule has 2 atom stereocenters. The molecule has 6 heteroatoms. The monoisotopic (exact) mass is 196 g/mol. The number of hydrogen-bond acceptors (Lipinski definition) is 5. The van der Waals surface area contributed by atoms with Gasteiger partial charge in [-0.15, -0.1) is 0 Å². The van der Waals surface area contributed by atoms with E-state index < -0.39 is 29.5 Å². The fraction of sp³-hybridized carbons (Fsp3) is 0.571. The van der Waals surface area contributed by atoms with Crippen molar-refractivity contribution in [3.8, 4) is 0 Å². The minimum absolute atomic E-state index is 0. The summed E-state index contributed by atoms with van der Waals surface area (Å²) in [4.78, 5) is 10.6. The van der Waals surface area contributed by atoms with Gasteiger partial charge in [0, 0.05) is 18.3 Å². The maximum Gasteiger partial charge on any atom is 1.00 e. The van der Waals surface area contributed by atoms with E-state index in [4.69, 9.17) is 10.2 Å². The van der Waals surface area contributed by atoms with Crippen molar-refractivity contribution in [3.05, 3.63) is 11.5 Å². The third-order valence-electron chi connectivity index (χ3n) is 1.73. The Morgan fingerprint density at radius 2 is 2.23 bits per heavy atom. The van der Waals surface area contributed by atoms with Gasteiger partial charge in [-0.05, 0) is 0 Å². The minimum atomic E-state index is -1.06. The van der Waals surface area contributed by atoms with E-state index in [1.165, 1.54) is 0 Å². The number of cyclic esters (lactones) is 1. The van der Waals surface area contributed by atoms with Crippen LogP contribution in [0.2, 0.25) is 0 Å². The van der Waals surface area contributed by atoms with E-state index in [2.05, 4.69) is 4.74 Å². The van der Waals surface area contributed by atoms with Gasteiger partial charge in [-0.1, -0.05) is 6.92 Å². The van der Waals surface area contributed by atoms with Crippen LogP contribution in [-0.4, -0.2) is 28.9 Å². The van der Waals surface area contributed by atoms with Crippen molar-refractivity contribution in [1.82, 2.24) is 0 Å². The zero-order valence-corrected chi connectivity index (χ0v) is 9.48. The van der Waals surface area contributed by atoms with E-state index in [-0.39, 0.29) is 36.2 Å². The van der Waals surface area contributed by atoms with Crippen LogP contribution in [0.3, 0.4) is 0 Å². The molecule has 0 unspecified atom stereocenters. The van der Waals surface area contributed by atoms with E-state index in [0.717, 1.165) is 0 Å². The van der Waals surface area contributed by atoms with E-state index in [9.17, 15) is 9.90 Å². The Morgan fingerprint density at radius 1 is 1.69 bits per heavy atom. The van der Waals surface area contributed by atoms with Crippen molar-refractivity contribution >= 4 is 5.97 Å². The largest absolute Gasteiger partial charge is 1.00 e. The molecule has 0 aromatic heterocycles. The average molecular weight is 196 g/mol. The van der Waals surface area contributed by atoms with Crippen LogP contribution in [0.25, 0.3) is 0 Å². The first-order valence-electron chi connectivity index (χ1n) is 3.50. The van der Waals surface area contributed by atoms with Gasteiger partial charge in [0.2, 0.25) is 0 Å². The van der Waals surface area contributed by atoms with E-state index in [0.29, 0.717) is 0 Å². The molecule has 0 aromatic rings. The molecule has 2 N–H and O–H groups in total. The Hall–Kier alpha value is -0.230. The summed E-state index contributed by atoms with van der Waals surface area (Å²) < 4.78 is 4.50. The van der Waals surface area contributed by atoms with E-state index >= 15 is 0 Å². The topological polar surface area (TPSA) is 89.8 Å². The fourth-order valence-corrected chi connectivity index (χ4v) is 0.940. The summed E-state index contributed by atoms with van der Waals surface area (Å²) in [6.07, 6.45) is -0.977. The molecule has 13 heavy (non-hydrogen) atoms. The molecule has 0 fully saturated rings. The molecule has 0 saturated heterocycles. The van der Waals surface area contributed by atoms with Gasteiger partial charge < -0.3 is 20.1 Å². The van der Waals surface area contributed by atoms with Crippen molar-refractivity contribution in [3.63, 3.8) is 0 Å².